The molecule has 0 saturated heterocycles. The van der Waals surface area contributed by atoms with Gasteiger partial charge >= 0.3 is 0 Å². The normalized spacial score (nSPS) is 15.1. The molecule has 1 aromatic rings. The molecule has 0 spiro atoms. The molecule has 0 atom stereocenters. The smallest absolute Gasteiger partial charge is 0.137 e. The van der Waals surface area contributed by atoms with E-state index in [0.717, 1.165) is 29.9 Å². The molecule has 1 saturated carbocycles. The molecule has 2 rings (SSSR count). The van der Waals surface area contributed by atoms with E-state index in [1.54, 1.807) is 0 Å². The van der Waals surface area contributed by atoms with E-state index in [1.165, 1.54) is 12.8 Å². The lowest BCUT2D eigenvalue weighted by atomic mass is 10.00. The van der Waals surface area contributed by atoms with Crippen molar-refractivity contribution >= 4 is 5.78 Å². The first-order chi connectivity index (χ1) is 7.79. The number of carbonyl (C=O) groups is 1. The molecular weight excluding hydrogens is 198 g/mol. The molecule has 0 heterocycles. The Bertz CT molecular complexity index is 369. The Balaban J connectivity index is 1.88. The lowest BCUT2D eigenvalue weighted by molar-refractivity contribution is -0.118. The first-order valence-electron chi connectivity index (χ1n) is 6.08. The van der Waals surface area contributed by atoms with Crippen molar-refractivity contribution in [2.45, 2.75) is 38.6 Å². The van der Waals surface area contributed by atoms with Crippen molar-refractivity contribution in [2.24, 2.45) is 11.7 Å². The van der Waals surface area contributed by atoms with Crippen molar-refractivity contribution in [1.29, 1.82) is 0 Å². The third kappa shape index (κ3) is 3.17. The van der Waals surface area contributed by atoms with Crippen LogP contribution in [0.5, 0.6) is 0 Å². The Morgan fingerprint density at radius 2 is 1.94 bits per heavy atom. The number of nitrogens with two attached hydrogens (primary N) is 1. The van der Waals surface area contributed by atoms with Crippen LogP contribution in [0, 0.1) is 5.92 Å². The third-order valence-corrected chi connectivity index (χ3v) is 3.25. The van der Waals surface area contributed by atoms with Gasteiger partial charge in [-0.15, -0.1) is 0 Å². The summed E-state index contributed by atoms with van der Waals surface area (Å²) in [4.78, 5) is 11.8. The monoisotopic (exact) mass is 217 g/mol. The van der Waals surface area contributed by atoms with E-state index >= 15 is 0 Å². The van der Waals surface area contributed by atoms with Gasteiger partial charge < -0.3 is 5.73 Å². The second-order valence-corrected chi connectivity index (χ2v) is 4.67. The molecule has 1 fully saturated rings. The standard InChI is InChI=1S/C14H19NO/c15-10-13-4-2-1-3-12(13)9-14(16)8-7-11-5-6-11/h1-4,11H,5-10,15H2. The molecule has 0 radical (unpaired) electrons. The predicted molar refractivity (Wildman–Crippen MR) is 65.0 cm³/mol. The Morgan fingerprint density at radius 3 is 2.56 bits per heavy atom. The maximum Gasteiger partial charge on any atom is 0.137 e. The zero-order valence-electron chi connectivity index (χ0n) is 9.61. The first kappa shape index (κ1) is 11.3. The summed E-state index contributed by atoms with van der Waals surface area (Å²) in [6.45, 7) is 0.520. The number of ketones is 1. The van der Waals surface area contributed by atoms with E-state index in [0.29, 0.717) is 18.7 Å². The number of hydrogen-bond donors (Lipinski definition) is 1. The van der Waals surface area contributed by atoms with Crippen LogP contribution in [0.15, 0.2) is 24.3 Å². The average Bonchev–Trinajstić information content (AvgIpc) is 3.11. The topological polar surface area (TPSA) is 43.1 Å². The van der Waals surface area contributed by atoms with Crippen molar-refractivity contribution in [2.75, 3.05) is 0 Å². The second-order valence-electron chi connectivity index (χ2n) is 4.67. The fourth-order valence-corrected chi connectivity index (χ4v) is 2.00. The largest absolute Gasteiger partial charge is 0.326 e. The van der Waals surface area contributed by atoms with E-state index in [-0.39, 0.29) is 0 Å². The molecule has 0 aliphatic heterocycles. The van der Waals surface area contributed by atoms with Crippen LogP contribution in [0.1, 0.15) is 36.8 Å². The van der Waals surface area contributed by atoms with Gasteiger partial charge in [0.25, 0.3) is 0 Å². The van der Waals surface area contributed by atoms with Crippen molar-refractivity contribution in [1.82, 2.24) is 0 Å². The SMILES string of the molecule is NCc1ccccc1CC(=O)CCC1CC1. The average molecular weight is 217 g/mol. The third-order valence-electron chi connectivity index (χ3n) is 3.25. The Labute approximate surface area is 96.8 Å². The molecule has 0 unspecified atom stereocenters. The summed E-state index contributed by atoms with van der Waals surface area (Å²) in [5.41, 5.74) is 7.85. The maximum atomic E-state index is 11.8. The Morgan fingerprint density at radius 1 is 1.25 bits per heavy atom. The highest BCUT2D eigenvalue weighted by molar-refractivity contribution is 5.81. The van der Waals surface area contributed by atoms with Gasteiger partial charge in [0.1, 0.15) is 5.78 Å². The number of benzene rings is 1. The fourth-order valence-electron chi connectivity index (χ4n) is 2.00. The molecule has 2 heteroatoms. The highest BCUT2D eigenvalue weighted by atomic mass is 16.1. The molecule has 1 aromatic carbocycles. The summed E-state index contributed by atoms with van der Waals surface area (Å²) in [5, 5.41) is 0. The summed E-state index contributed by atoms with van der Waals surface area (Å²) in [6, 6.07) is 7.96. The van der Waals surface area contributed by atoms with Crippen LogP contribution in [0.3, 0.4) is 0 Å². The summed E-state index contributed by atoms with van der Waals surface area (Å²) >= 11 is 0. The van der Waals surface area contributed by atoms with Gasteiger partial charge in [-0.2, -0.15) is 0 Å². The van der Waals surface area contributed by atoms with Gasteiger partial charge in [-0.1, -0.05) is 37.1 Å². The molecule has 2 N–H and O–H groups in total. The van der Waals surface area contributed by atoms with Crippen LogP contribution in [-0.2, 0) is 17.8 Å². The van der Waals surface area contributed by atoms with Crippen LogP contribution in [0.4, 0.5) is 0 Å². The molecule has 0 bridgehead atoms. The summed E-state index contributed by atoms with van der Waals surface area (Å²) in [6.07, 6.45) is 5.03. The van der Waals surface area contributed by atoms with Gasteiger partial charge in [-0.25, -0.2) is 0 Å². The number of rotatable bonds is 6. The predicted octanol–water partition coefficient (Wildman–Crippen LogP) is 2.45. The van der Waals surface area contributed by atoms with Crippen molar-refractivity contribution in [3.63, 3.8) is 0 Å². The van der Waals surface area contributed by atoms with E-state index in [2.05, 4.69) is 0 Å². The summed E-state index contributed by atoms with van der Waals surface area (Å²) in [7, 11) is 0. The van der Waals surface area contributed by atoms with E-state index in [1.807, 2.05) is 24.3 Å². The minimum Gasteiger partial charge on any atom is -0.326 e. The Kier molecular flexibility index (Phi) is 3.73. The lowest BCUT2D eigenvalue weighted by Gasteiger charge is -2.06. The van der Waals surface area contributed by atoms with Crippen molar-refractivity contribution < 1.29 is 4.79 Å². The molecule has 86 valence electrons. The number of Topliss-reactive ketones (excluding diaryl/α,β-unsaturated/α-hetero) is 1. The molecule has 0 amide bonds. The minimum absolute atomic E-state index is 0.354. The molecular formula is C14H19NO. The number of carbonyl (C=O) groups excluding carboxylic acids is 1. The van der Waals surface area contributed by atoms with E-state index < -0.39 is 0 Å². The first-order valence-corrected chi connectivity index (χ1v) is 6.08. The van der Waals surface area contributed by atoms with Gasteiger partial charge in [-0.3, -0.25) is 4.79 Å². The quantitative estimate of drug-likeness (QED) is 0.795. The highest BCUT2D eigenvalue weighted by Crippen LogP contribution is 2.33. The van der Waals surface area contributed by atoms with Crippen LogP contribution >= 0.6 is 0 Å². The van der Waals surface area contributed by atoms with Gasteiger partial charge in [0.15, 0.2) is 0 Å². The minimum atomic E-state index is 0.354. The van der Waals surface area contributed by atoms with Crippen molar-refractivity contribution in [3.05, 3.63) is 35.4 Å². The molecule has 2 nitrogen and oxygen atoms in total. The second kappa shape index (κ2) is 5.26. The van der Waals surface area contributed by atoms with Gasteiger partial charge in [0.2, 0.25) is 0 Å². The Hall–Kier alpha value is -1.15. The highest BCUT2D eigenvalue weighted by Gasteiger charge is 2.21. The van der Waals surface area contributed by atoms with Gasteiger partial charge in [0, 0.05) is 19.4 Å². The van der Waals surface area contributed by atoms with Crippen LogP contribution in [-0.4, -0.2) is 5.78 Å². The van der Waals surface area contributed by atoms with Gasteiger partial charge in [-0.05, 0) is 23.5 Å². The fraction of sp³-hybridized carbons (Fsp3) is 0.500. The molecule has 0 aromatic heterocycles. The number of hydrogen-bond acceptors (Lipinski definition) is 2. The van der Waals surface area contributed by atoms with Crippen LogP contribution in [0.2, 0.25) is 0 Å². The van der Waals surface area contributed by atoms with Crippen molar-refractivity contribution in [3.8, 4) is 0 Å². The lowest BCUT2D eigenvalue weighted by Crippen LogP contribution is -2.07. The molecule has 1 aliphatic rings. The van der Waals surface area contributed by atoms with E-state index in [4.69, 9.17) is 5.73 Å². The summed E-state index contributed by atoms with van der Waals surface area (Å²) in [5.74, 6) is 1.20. The zero-order chi connectivity index (χ0) is 11.4. The zero-order valence-corrected chi connectivity index (χ0v) is 9.61. The maximum absolute atomic E-state index is 11.8. The molecule has 16 heavy (non-hydrogen) atoms. The van der Waals surface area contributed by atoms with Crippen LogP contribution in [0.25, 0.3) is 0 Å². The van der Waals surface area contributed by atoms with Crippen LogP contribution < -0.4 is 5.73 Å². The van der Waals surface area contributed by atoms with Gasteiger partial charge in [0.05, 0.1) is 0 Å². The molecule has 1 aliphatic carbocycles. The summed E-state index contributed by atoms with van der Waals surface area (Å²) < 4.78 is 0. The van der Waals surface area contributed by atoms with E-state index in [9.17, 15) is 4.79 Å².